The van der Waals surface area contributed by atoms with Crippen molar-refractivity contribution in [2.75, 3.05) is 0 Å². The highest BCUT2D eigenvalue weighted by molar-refractivity contribution is 6.01. The number of nitrogens with zero attached hydrogens (tertiary/aromatic N) is 2. The summed E-state index contributed by atoms with van der Waals surface area (Å²) in [6.45, 7) is 10.8. The number of carboxylic acids is 1. The van der Waals surface area contributed by atoms with Gasteiger partial charge in [-0.25, -0.2) is 9.78 Å². The second kappa shape index (κ2) is 5.88. The van der Waals surface area contributed by atoms with Crippen LogP contribution in [0.25, 0.3) is 11.0 Å². The van der Waals surface area contributed by atoms with E-state index >= 15 is 0 Å². The van der Waals surface area contributed by atoms with Gasteiger partial charge >= 0.3 is 5.97 Å². The maximum atomic E-state index is 11.4. The summed E-state index contributed by atoms with van der Waals surface area (Å²) in [5.41, 5.74) is 1.81. The molecule has 0 bridgehead atoms. The lowest BCUT2D eigenvalue weighted by Crippen LogP contribution is -2.16. The number of fused-ring (bicyclic) bond motifs is 1. The first-order chi connectivity index (χ1) is 9.88. The van der Waals surface area contributed by atoms with Gasteiger partial charge in [0, 0.05) is 12.0 Å². The molecule has 1 aromatic heterocycles. The molecule has 2 unspecified atom stereocenters. The van der Waals surface area contributed by atoms with Crippen molar-refractivity contribution in [3.63, 3.8) is 0 Å². The molecule has 0 amide bonds. The zero-order valence-corrected chi connectivity index (χ0v) is 13.4. The first kappa shape index (κ1) is 15.5. The Balaban J connectivity index is 2.75. The van der Waals surface area contributed by atoms with Crippen LogP contribution in [0.2, 0.25) is 0 Å². The number of carbonyl (C=O) groups is 1. The largest absolute Gasteiger partial charge is 0.478 e. The van der Waals surface area contributed by atoms with E-state index in [1.165, 1.54) is 0 Å². The molecule has 1 aromatic carbocycles. The number of aromatic nitrogens is 2. The lowest BCUT2D eigenvalue weighted by atomic mass is 9.99. The molecule has 2 atom stereocenters. The molecule has 114 valence electrons. The molecule has 2 aromatic rings. The Morgan fingerprint density at radius 1 is 1.29 bits per heavy atom. The Hall–Kier alpha value is -1.84. The minimum absolute atomic E-state index is 0.255. The molecule has 0 fully saturated rings. The monoisotopic (exact) mass is 288 g/mol. The molecular formula is C17H24N2O2. The topological polar surface area (TPSA) is 55.1 Å². The fraction of sp³-hybridized carbons (Fsp3) is 0.529. The molecule has 0 aliphatic heterocycles. The number of benzene rings is 1. The van der Waals surface area contributed by atoms with E-state index in [-0.39, 0.29) is 11.5 Å². The molecule has 4 heteroatoms. The van der Waals surface area contributed by atoms with Gasteiger partial charge in [0.1, 0.15) is 11.3 Å². The third-order valence-electron chi connectivity index (χ3n) is 4.37. The van der Waals surface area contributed by atoms with Crippen LogP contribution in [0.5, 0.6) is 0 Å². The molecular weight excluding hydrogens is 264 g/mol. The molecule has 0 saturated heterocycles. The minimum Gasteiger partial charge on any atom is -0.478 e. The van der Waals surface area contributed by atoms with Gasteiger partial charge in [-0.05, 0) is 25.0 Å². The predicted octanol–water partition coefficient (Wildman–Crippen LogP) is 4.47. The van der Waals surface area contributed by atoms with E-state index in [2.05, 4.69) is 44.2 Å². The molecule has 1 N–H and O–H groups in total. The quantitative estimate of drug-likeness (QED) is 0.883. The van der Waals surface area contributed by atoms with Gasteiger partial charge in [-0.15, -0.1) is 0 Å². The molecule has 4 nitrogen and oxygen atoms in total. The first-order valence-electron chi connectivity index (χ1n) is 7.62. The van der Waals surface area contributed by atoms with Crippen LogP contribution in [0.3, 0.4) is 0 Å². The Labute approximate surface area is 125 Å². The summed E-state index contributed by atoms with van der Waals surface area (Å²) in [5.74, 6) is 0.808. The summed E-state index contributed by atoms with van der Waals surface area (Å²) in [4.78, 5) is 16.1. The van der Waals surface area contributed by atoms with Gasteiger partial charge < -0.3 is 9.67 Å². The molecule has 21 heavy (non-hydrogen) atoms. The highest BCUT2D eigenvalue weighted by atomic mass is 16.4. The Morgan fingerprint density at radius 2 is 1.95 bits per heavy atom. The number of aromatic carboxylic acids is 1. The fourth-order valence-electron chi connectivity index (χ4n) is 2.74. The van der Waals surface area contributed by atoms with Gasteiger partial charge in [0.15, 0.2) is 0 Å². The average Bonchev–Trinajstić information content (AvgIpc) is 2.84. The fourth-order valence-corrected chi connectivity index (χ4v) is 2.74. The van der Waals surface area contributed by atoms with Crippen molar-refractivity contribution in [2.24, 2.45) is 5.92 Å². The predicted molar refractivity (Wildman–Crippen MR) is 84.9 cm³/mol. The van der Waals surface area contributed by atoms with Crippen molar-refractivity contribution in [1.82, 2.24) is 9.55 Å². The SMILES string of the molecule is CCC(C)C(C)n1c(C(C)C)nc2c(C(=O)O)cccc21. The normalized spacial score (nSPS) is 14.6. The Morgan fingerprint density at radius 3 is 2.48 bits per heavy atom. The lowest BCUT2D eigenvalue weighted by molar-refractivity contribution is 0.0699. The molecule has 0 aliphatic carbocycles. The highest BCUT2D eigenvalue weighted by Crippen LogP contribution is 2.31. The first-order valence-corrected chi connectivity index (χ1v) is 7.62. The van der Waals surface area contributed by atoms with E-state index in [1.54, 1.807) is 12.1 Å². The second-order valence-corrected chi connectivity index (χ2v) is 6.10. The average molecular weight is 288 g/mol. The zero-order chi connectivity index (χ0) is 15.7. The molecule has 2 rings (SSSR count). The van der Waals surface area contributed by atoms with Crippen LogP contribution in [-0.4, -0.2) is 20.6 Å². The van der Waals surface area contributed by atoms with E-state index < -0.39 is 5.97 Å². The Kier molecular flexibility index (Phi) is 4.35. The van der Waals surface area contributed by atoms with Gasteiger partial charge in [-0.1, -0.05) is 40.2 Å². The number of hydrogen-bond donors (Lipinski definition) is 1. The van der Waals surface area contributed by atoms with Gasteiger partial charge in [-0.2, -0.15) is 0 Å². The minimum atomic E-state index is -0.920. The Bertz CT molecular complexity index is 658. The number of imidazole rings is 1. The van der Waals surface area contributed by atoms with Gasteiger partial charge in [0.25, 0.3) is 0 Å². The summed E-state index contributed by atoms with van der Waals surface area (Å²) in [5, 5.41) is 9.37. The molecule has 0 radical (unpaired) electrons. The van der Waals surface area contributed by atoms with Gasteiger partial charge in [-0.3, -0.25) is 0 Å². The lowest BCUT2D eigenvalue weighted by Gasteiger charge is -2.24. The summed E-state index contributed by atoms with van der Waals surface area (Å²) < 4.78 is 2.22. The van der Waals surface area contributed by atoms with Crippen molar-refractivity contribution >= 4 is 17.0 Å². The number of para-hydroxylation sites is 1. The van der Waals surface area contributed by atoms with Crippen LogP contribution >= 0.6 is 0 Å². The van der Waals surface area contributed by atoms with E-state index in [9.17, 15) is 9.90 Å². The summed E-state index contributed by atoms with van der Waals surface area (Å²) in [6.07, 6.45) is 1.08. The van der Waals surface area contributed by atoms with Crippen molar-refractivity contribution in [3.8, 4) is 0 Å². The maximum absolute atomic E-state index is 11.4. The van der Waals surface area contributed by atoms with E-state index in [1.807, 2.05) is 6.07 Å². The molecule has 1 heterocycles. The molecule has 0 spiro atoms. The van der Waals surface area contributed by atoms with E-state index in [0.29, 0.717) is 17.5 Å². The standard InChI is InChI=1S/C17H24N2O2/c1-6-11(4)12(5)19-14-9-7-8-13(17(20)21)15(14)18-16(19)10(2)3/h7-12H,6H2,1-5H3,(H,20,21). The van der Waals surface area contributed by atoms with Crippen LogP contribution in [-0.2, 0) is 0 Å². The van der Waals surface area contributed by atoms with Crippen molar-refractivity contribution in [1.29, 1.82) is 0 Å². The molecule has 0 saturated carbocycles. The van der Waals surface area contributed by atoms with Crippen LogP contribution < -0.4 is 0 Å². The van der Waals surface area contributed by atoms with Crippen molar-refractivity contribution < 1.29 is 9.90 Å². The van der Waals surface area contributed by atoms with Gasteiger partial charge in [0.2, 0.25) is 0 Å². The van der Waals surface area contributed by atoms with Crippen LogP contribution in [0.4, 0.5) is 0 Å². The smallest absolute Gasteiger partial charge is 0.337 e. The number of hydrogen-bond acceptors (Lipinski definition) is 2. The third kappa shape index (κ3) is 2.67. The number of rotatable bonds is 5. The summed E-state index contributed by atoms with van der Waals surface area (Å²) >= 11 is 0. The van der Waals surface area contributed by atoms with Gasteiger partial charge in [0.05, 0.1) is 11.1 Å². The van der Waals surface area contributed by atoms with Crippen LogP contribution in [0.15, 0.2) is 18.2 Å². The summed E-state index contributed by atoms with van der Waals surface area (Å²) in [7, 11) is 0. The molecule has 0 aliphatic rings. The summed E-state index contributed by atoms with van der Waals surface area (Å²) in [6, 6.07) is 5.69. The van der Waals surface area contributed by atoms with E-state index in [0.717, 1.165) is 17.8 Å². The zero-order valence-electron chi connectivity index (χ0n) is 13.4. The van der Waals surface area contributed by atoms with Crippen molar-refractivity contribution in [3.05, 3.63) is 29.6 Å². The maximum Gasteiger partial charge on any atom is 0.337 e. The third-order valence-corrected chi connectivity index (χ3v) is 4.37. The second-order valence-electron chi connectivity index (χ2n) is 6.10. The van der Waals surface area contributed by atoms with Crippen LogP contribution in [0.1, 0.15) is 69.2 Å². The van der Waals surface area contributed by atoms with E-state index in [4.69, 9.17) is 0 Å². The van der Waals surface area contributed by atoms with Crippen molar-refractivity contribution in [2.45, 2.75) is 53.0 Å². The van der Waals surface area contributed by atoms with Crippen LogP contribution in [0, 0.1) is 5.92 Å². The highest BCUT2D eigenvalue weighted by Gasteiger charge is 2.23. The number of carboxylic acid groups (broad SMARTS) is 1.